The van der Waals surface area contributed by atoms with Gasteiger partial charge in [0.1, 0.15) is 18.4 Å². The van der Waals surface area contributed by atoms with Gasteiger partial charge in [-0.3, -0.25) is 0 Å². The molecule has 0 bridgehead atoms. The van der Waals surface area contributed by atoms with Gasteiger partial charge in [-0.1, -0.05) is 19.3 Å². The van der Waals surface area contributed by atoms with Crippen molar-refractivity contribution < 1.29 is 9.09 Å². The number of thiol groups is 1. The van der Waals surface area contributed by atoms with Crippen LogP contribution >= 0.6 is 19.5 Å². The van der Waals surface area contributed by atoms with Crippen LogP contribution in [0.15, 0.2) is 0 Å². The van der Waals surface area contributed by atoms with Crippen molar-refractivity contribution in [2.75, 3.05) is 0 Å². The van der Waals surface area contributed by atoms with Crippen LogP contribution in [0.1, 0.15) is 32.1 Å². The van der Waals surface area contributed by atoms with Crippen molar-refractivity contribution in [2.24, 2.45) is 0 Å². The van der Waals surface area contributed by atoms with E-state index in [1.807, 2.05) is 0 Å². The van der Waals surface area contributed by atoms with Crippen LogP contribution in [0, 0.1) is 0 Å². The summed E-state index contributed by atoms with van der Waals surface area (Å²) < 4.78 is 15.6. The van der Waals surface area contributed by atoms with Gasteiger partial charge in [0.25, 0.3) is 0 Å². The van der Waals surface area contributed by atoms with Crippen LogP contribution in [0.25, 0.3) is 0 Å². The lowest BCUT2D eigenvalue weighted by molar-refractivity contribution is 0.171. The van der Waals surface area contributed by atoms with E-state index < -0.39 is 7.23 Å². The van der Waals surface area contributed by atoms with Crippen molar-refractivity contribution in [1.82, 2.24) is 0 Å². The molecule has 1 fully saturated rings. The van der Waals surface area contributed by atoms with Gasteiger partial charge in [0.2, 0.25) is 0 Å². The Morgan fingerprint density at radius 1 is 1.30 bits per heavy atom. The van der Waals surface area contributed by atoms with E-state index in [1.165, 1.54) is 19.3 Å². The van der Waals surface area contributed by atoms with E-state index in [2.05, 4.69) is 12.2 Å². The second-order valence-electron chi connectivity index (χ2n) is 2.60. The molecule has 1 atom stereocenters. The summed E-state index contributed by atoms with van der Waals surface area (Å²) in [7, 11) is -1.68. The molecule has 1 aliphatic carbocycles. The molecule has 1 saturated carbocycles. The molecule has 0 aliphatic heterocycles. The van der Waals surface area contributed by atoms with Crippen molar-refractivity contribution in [3.05, 3.63) is 0 Å². The molecule has 1 aliphatic rings. The fourth-order valence-electron chi connectivity index (χ4n) is 1.30. The number of hydrogen-bond donors (Lipinski definition) is 1. The standard InChI is InChI=1S/C6H11O2PS/c7-9(10)8-6-4-2-1-3-5-6/h6H,1-5H2/p+1. The van der Waals surface area contributed by atoms with Gasteiger partial charge < -0.3 is 0 Å². The molecule has 4 heteroatoms. The Morgan fingerprint density at radius 2 is 1.90 bits per heavy atom. The monoisotopic (exact) mass is 179 g/mol. The lowest BCUT2D eigenvalue weighted by Gasteiger charge is -2.14. The third-order valence-electron chi connectivity index (χ3n) is 1.79. The summed E-state index contributed by atoms with van der Waals surface area (Å²) in [5.74, 6) is 0. The first-order valence-corrected chi connectivity index (χ1v) is 5.95. The maximum absolute atomic E-state index is 10.5. The summed E-state index contributed by atoms with van der Waals surface area (Å²) in [5, 5.41) is 0. The minimum absolute atomic E-state index is 0.217. The Hall–Kier alpha value is 0.410. The van der Waals surface area contributed by atoms with Crippen LogP contribution in [0.2, 0.25) is 0 Å². The third-order valence-corrected chi connectivity index (χ3v) is 2.55. The van der Waals surface area contributed by atoms with Gasteiger partial charge in [-0.05, 0) is 17.4 Å². The summed E-state index contributed by atoms with van der Waals surface area (Å²) in [5.41, 5.74) is 0. The van der Waals surface area contributed by atoms with Crippen molar-refractivity contribution >= 4 is 19.5 Å². The Bertz CT molecular complexity index is 123. The minimum atomic E-state index is -1.68. The molecule has 0 N–H and O–H groups in total. The van der Waals surface area contributed by atoms with Crippen molar-refractivity contribution in [3.63, 3.8) is 0 Å². The second-order valence-corrected chi connectivity index (χ2v) is 4.27. The van der Waals surface area contributed by atoms with E-state index in [0.717, 1.165) is 12.8 Å². The molecule has 0 aromatic rings. The quantitative estimate of drug-likeness (QED) is 0.521. The molecule has 0 heterocycles. The normalized spacial score (nSPS) is 22.7. The highest BCUT2D eigenvalue weighted by atomic mass is 32.7. The smallest absolute Gasteiger partial charge is 0.133 e. The molecule has 0 radical (unpaired) electrons. The van der Waals surface area contributed by atoms with Gasteiger partial charge in [0.05, 0.1) is 0 Å². The van der Waals surface area contributed by atoms with Crippen molar-refractivity contribution in [1.29, 1.82) is 0 Å². The Balaban J connectivity index is 2.19. The second kappa shape index (κ2) is 4.32. The van der Waals surface area contributed by atoms with Crippen LogP contribution in [-0.4, -0.2) is 6.10 Å². The molecule has 1 rings (SSSR count). The fraction of sp³-hybridized carbons (Fsp3) is 1.00. The maximum atomic E-state index is 10.5. The molecular formula is C6H12O2PS+. The van der Waals surface area contributed by atoms with E-state index >= 15 is 0 Å². The van der Waals surface area contributed by atoms with E-state index in [0.29, 0.717) is 0 Å². The van der Waals surface area contributed by atoms with E-state index in [9.17, 15) is 4.57 Å². The van der Waals surface area contributed by atoms with Gasteiger partial charge in [-0.25, -0.2) is 0 Å². The summed E-state index contributed by atoms with van der Waals surface area (Å²) in [6.07, 6.45) is 6.05. The lowest BCUT2D eigenvalue weighted by Crippen LogP contribution is -2.12. The molecule has 10 heavy (non-hydrogen) atoms. The zero-order chi connectivity index (χ0) is 7.40. The third kappa shape index (κ3) is 3.00. The van der Waals surface area contributed by atoms with Gasteiger partial charge in [0, 0.05) is 0 Å². The summed E-state index contributed by atoms with van der Waals surface area (Å²) in [4.78, 5) is 0. The fourth-order valence-corrected chi connectivity index (χ4v) is 2.16. The SMILES string of the molecule is O=[P+](S)OC1CCCCC1. The van der Waals surface area contributed by atoms with Crippen LogP contribution in [-0.2, 0) is 9.09 Å². The Kier molecular flexibility index (Phi) is 3.68. The first-order chi connectivity index (χ1) is 4.79. The molecule has 0 aromatic heterocycles. The zero-order valence-electron chi connectivity index (χ0n) is 5.82. The Morgan fingerprint density at radius 3 is 2.40 bits per heavy atom. The van der Waals surface area contributed by atoms with Gasteiger partial charge in [0.15, 0.2) is 0 Å². The Labute approximate surface area is 67.4 Å². The van der Waals surface area contributed by atoms with Crippen molar-refractivity contribution in [2.45, 2.75) is 38.2 Å². The highest BCUT2D eigenvalue weighted by Crippen LogP contribution is 2.34. The largest absolute Gasteiger partial charge is 0.582 e. The average molecular weight is 179 g/mol. The molecule has 0 amide bonds. The van der Waals surface area contributed by atoms with Gasteiger partial charge in [-0.2, -0.15) is 0 Å². The number of hydrogen-bond acceptors (Lipinski definition) is 2. The molecule has 0 spiro atoms. The predicted molar refractivity (Wildman–Crippen MR) is 44.6 cm³/mol. The van der Waals surface area contributed by atoms with E-state index in [1.54, 1.807) is 0 Å². The van der Waals surface area contributed by atoms with E-state index in [4.69, 9.17) is 4.52 Å². The highest BCUT2D eigenvalue weighted by Gasteiger charge is 2.22. The maximum Gasteiger partial charge on any atom is 0.582 e. The average Bonchev–Trinajstić information content (AvgIpc) is 1.88. The highest BCUT2D eigenvalue weighted by molar-refractivity contribution is 8.39. The topological polar surface area (TPSA) is 26.3 Å². The van der Waals surface area contributed by atoms with Crippen molar-refractivity contribution in [3.8, 4) is 0 Å². The first-order valence-electron chi connectivity index (χ1n) is 3.62. The van der Waals surface area contributed by atoms with E-state index in [-0.39, 0.29) is 6.10 Å². The summed E-state index contributed by atoms with van der Waals surface area (Å²) >= 11 is 3.70. The molecule has 1 unspecified atom stereocenters. The molecule has 2 nitrogen and oxygen atoms in total. The molecule has 0 saturated heterocycles. The zero-order valence-corrected chi connectivity index (χ0v) is 7.61. The van der Waals surface area contributed by atoms with Gasteiger partial charge in [-0.15, -0.1) is 4.52 Å². The first kappa shape index (κ1) is 8.51. The number of rotatable bonds is 2. The van der Waals surface area contributed by atoms with Crippen LogP contribution in [0.3, 0.4) is 0 Å². The summed E-state index contributed by atoms with van der Waals surface area (Å²) in [6, 6.07) is 0. The summed E-state index contributed by atoms with van der Waals surface area (Å²) in [6.45, 7) is 0. The molecule has 0 aromatic carbocycles. The van der Waals surface area contributed by atoms with Crippen LogP contribution in [0.5, 0.6) is 0 Å². The minimum Gasteiger partial charge on any atom is -0.133 e. The lowest BCUT2D eigenvalue weighted by atomic mass is 9.98. The predicted octanol–water partition coefficient (Wildman–Crippen LogP) is 2.92. The van der Waals surface area contributed by atoms with Gasteiger partial charge >= 0.3 is 7.23 Å². The van der Waals surface area contributed by atoms with Crippen LogP contribution < -0.4 is 0 Å². The molecular weight excluding hydrogens is 167 g/mol. The molecule has 58 valence electrons. The van der Waals surface area contributed by atoms with Crippen LogP contribution in [0.4, 0.5) is 0 Å².